The predicted octanol–water partition coefficient (Wildman–Crippen LogP) is 0.751. The minimum atomic E-state index is -0.737. The molecule has 92 valence electrons. The molecule has 1 aliphatic carbocycles. The van der Waals surface area contributed by atoms with E-state index in [1.54, 1.807) is 0 Å². The summed E-state index contributed by atoms with van der Waals surface area (Å²) in [4.78, 5) is 12.9. The van der Waals surface area contributed by atoms with Gasteiger partial charge in [0.25, 0.3) is 0 Å². The minimum Gasteiger partial charge on any atom is -0.469 e. The van der Waals surface area contributed by atoms with E-state index < -0.39 is 6.17 Å². The van der Waals surface area contributed by atoms with Gasteiger partial charge < -0.3 is 9.47 Å². The van der Waals surface area contributed by atoms with Crippen molar-refractivity contribution in [3.05, 3.63) is 0 Å². The van der Waals surface area contributed by atoms with Gasteiger partial charge >= 0.3 is 5.97 Å². The van der Waals surface area contributed by atoms with Gasteiger partial charge in [0.15, 0.2) is 0 Å². The number of likely N-dealkylation sites (N-methyl/N-ethyl adjacent to an activating group) is 1. The van der Waals surface area contributed by atoms with Crippen LogP contribution in [0, 0.1) is 0 Å². The van der Waals surface area contributed by atoms with Crippen LogP contribution in [0.3, 0.4) is 0 Å². The Kier molecular flexibility index (Phi) is 3.17. The van der Waals surface area contributed by atoms with Gasteiger partial charge in [-0.3, -0.25) is 9.69 Å². The molecule has 1 aliphatic heterocycles. The van der Waals surface area contributed by atoms with Gasteiger partial charge in [-0.15, -0.1) is 0 Å². The van der Waals surface area contributed by atoms with Crippen molar-refractivity contribution < 1.29 is 18.7 Å². The lowest BCUT2D eigenvalue weighted by Crippen LogP contribution is -2.31. The molecule has 0 aromatic rings. The lowest BCUT2D eigenvalue weighted by atomic mass is 10.2. The number of hydrogen-bond acceptors (Lipinski definition) is 4. The monoisotopic (exact) mass is 231 g/mol. The molecule has 1 spiro atoms. The zero-order chi connectivity index (χ0) is 11.8. The molecule has 4 nitrogen and oxygen atoms in total. The number of rotatable bonds is 4. The zero-order valence-electron chi connectivity index (χ0n) is 9.74. The average Bonchev–Trinajstić information content (AvgIpc) is 2.83. The Morgan fingerprint density at radius 2 is 2.31 bits per heavy atom. The number of likely N-dealkylation sites (tertiary alicyclic amines) is 1. The smallest absolute Gasteiger partial charge is 0.307 e. The van der Waals surface area contributed by atoms with E-state index in [2.05, 4.69) is 4.74 Å². The molecule has 1 saturated heterocycles. The van der Waals surface area contributed by atoms with Crippen LogP contribution in [0.4, 0.5) is 4.39 Å². The van der Waals surface area contributed by atoms with Crippen LogP contribution in [0.15, 0.2) is 0 Å². The van der Waals surface area contributed by atoms with Crippen molar-refractivity contribution >= 4 is 5.97 Å². The highest BCUT2D eigenvalue weighted by molar-refractivity contribution is 5.69. The van der Waals surface area contributed by atoms with Crippen LogP contribution in [0.1, 0.15) is 19.3 Å². The summed E-state index contributed by atoms with van der Waals surface area (Å²) in [7, 11) is 3.29. The van der Waals surface area contributed by atoms with Crippen LogP contribution in [-0.2, 0) is 14.3 Å². The van der Waals surface area contributed by atoms with Crippen molar-refractivity contribution in [2.75, 3.05) is 27.3 Å². The van der Waals surface area contributed by atoms with Gasteiger partial charge in [0, 0.05) is 13.0 Å². The number of ether oxygens (including phenoxy) is 2. The molecule has 3 atom stereocenters. The highest BCUT2D eigenvalue weighted by Gasteiger charge is 2.62. The van der Waals surface area contributed by atoms with E-state index in [4.69, 9.17) is 4.74 Å². The van der Waals surface area contributed by atoms with Gasteiger partial charge in [0.2, 0.25) is 0 Å². The Hall–Kier alpha value is -0.680. The fourth-order valence-electron chi connectivity index (χ4n) is 2.56. The first-order valence-electron chi connectivity index (χ1n) is 5.62. The maximum Gasteiger partial charge on any atom is 0.307 e. The molecule has 0 aromatic heterocycles. The molecule has 0 bridgehead atoms. The Morgan fingerprint density at radius 3 is 2.88 bits per heavy atom. The predicted molar refractivity (Wildman–Crippen MR) is 55.9 cm³/mol. The Bertz CT molecular complexity index is 286. The lowest BCUT2D eigenvalue weighted by molar-refractivity contribution is -0.142. The normalized spacial score (nSPS) is 37.9. The van der Waals surface area contributed by atoms with Gasteiger partial charge in [-0.2, -0.15) is 0 Å². The fraction of sp³-hybridized carbons (Fsp3) is 0.909. The van der Waals surface area contributed by atoms with Crippen molar-refractivity contribution in [1.82, 2.24) is 4.90 Å². The van der Waals surface area contributed by atoms with E-state index in [9.17, 15) is 9.18 Å². The molecule has 1 heterocycles. The van der Waals surface area contributed by atoms with Crippen molar-refractivity contribution in [3.8, 4) is 0 Å². The van der Waals surface area contributed by atoms with Crippen molar-refractivity contribution in [2.24, 2.45) is 0 Å². The molecule has 2 unspecified atom stereocenters. The lowest BCUT2D eigenvalue weighted by Gasteiger charge is -2.19. The van der Waals surface area contributed by atoms with Crippen LogP contribution in [0.5, 0.6) is 0 Å². The average molecular weight is 231 g/mol. The van der Waals surface area contributed by atoms with Gasteiger partial charge in [0.05, 0.1) is 31.8 Å². The SMILES string of the molecule is COC(=O)CCOC1CC12C[C@H](F)CN2C. The second kappa shape index (κ2) is 4.30. The van der Waals surface area contributed by atoms with Crippen molar-refractivity contribution in [2.45, 2.75) is 37.1 Å². The quantitative estimate of drug-likeness (QED) is 0.669. The molecule has 2 rings (SSSR count). The molecule has 0 N–H and O–H groups in total. The van der Waals surface area contributed by atoms with Crippen LogP contribution < -0.4 is 0 Å². The molecule has 16 heavy (non-hydrogen) atoms. The molecule has 5 heteroatoms. The molecule has 0 radical (unpaired) electrons. The summed E-state index contributed by atoms with van der Waals surface area (Å²) in [6.07, 6.45) is 1.06. The van der Waals surface area contributed by atoms with E-state index in [-0.39, 0.29) is 24.0 Å². The summed E-state index contributed by atoms with van der Waals surface area (Å²) in [6.45, 7) is 0.862. The summed E-state index contributed by atoms with van der Waals surface area (Å²) in [5.41, 5.74) is -0.0878. The minimum absolute atomic E-state index is 0.0860. The topological polar surface area (TPSA) is 38.8 Å². The summed E-state index contributed by atoms with van der Waals surface area (Å²) >= 11 is 0. The number of carbonyl (C=O) groups excluding carboxylic acids is 1. The van der Waals surface area contributed by atoms with Gasteiger partial charge in [0.1, 0.15) is 6.17 Å². The van der Waals surface area contributed by atoms with E-state index in [0.717, 1.165) is 6.42 Å². The third-order valence-corrected chi connectivity index (χ3v) is 3.64. The number of methoxy groups -OCH3 is 1. The largest absolute Gasteiger partial charge is 0.469 e. The molecule has 0 amide bonds. The highest BCUT2D eigenvalue weighted by atomic mass is 19.1. The van der Waals surface area contributed by atoms with Crippen LogP contribution in [0.2, 0.25) is 0 Å². The second-order valence-corrected chi connectivity index (χ2v) is 4.68. The fourth-order valence-corrected chi connectivity index (χ4v) is 2.56. The Balaban J connectivity index is 1.73. The number of hydrogen-bond donors (Lipinski definition) is 0. The van der Waals surface area contributed by atoms with Crippen molar-refractivity contribution in [1.29, 1.82) is 0 Å². The summed E-state index contributed by atoms with van der Waals surface area (Å²) < 4.78 is 23.3. The number of carbonyl (C=O) groups is 1. The van der Waals surface area contributed by atoms with Gasteiger partial charge in [-0.1, -0.05) is 0 Å². The van der Waals surface area contributed by atoms with Crippen molar-refractivity contribution in [3.63, 3.8) is 0 Å². The van der Waals surface area contributed by atoms with E-state index in [1.807, 2.05) is 11.9 Å². The first kappa shape index (κ1) is 11.8. The maximum atomic E-state index is 13.2. The number of esters is 1. The van der Waals surface area contributed by atoms with Crippen LogP contribution in [0.25, 0.3) is 0 Å². The second-order valence-electron chi connectivity index (χ2n) is 4.68. The number of nitrogens with zero attached hydrogens (tertiary/aromatic N) is 1. The Labute approximate surface area is 94.7 Å². The standard InChI is InChI=1S/C11H18FNO3/c1-13-7-8(12)5-11(13)6-9(11)16-4-3-10(14)15-2/h8-9H,3-7H2,1-2H3/t8-,9?,11?/m0/s1. The molecule has 1 saturated carbocycles. The summed E-state index contributed by atoms with van der Waals surface area (Å²) in [5.74, 6) is -0.266. The summed E-state index contributed by atoms with van der Waals surface area (Å²) in [5, 5.41) is 0. The molecule has 0 aromatic carbocycles. The maximum absolute atomic E-state index is 13.2. The number of alkyl halides is 1. The molecule has 2 fully saturated rings. The van der Waals surface area contributed by atoms with Gasteiger partial charge in [-0.25, -0.2) is 4.39 Å². The zero-order valence-corrected chi connectivity index (χ0v) is 9.74. The van der Waals surface area contributed by atoms with E-state index in [1.165, 1.54) is 7.11 Å². The third-order valence-electron chi connectivity index (χ3n) is 3.64. The van der Waals surface area contributed by atoms with E-state index in [0.29, 0.717) is 19.6 Å². The van der Waals surface area contributed by atoms with E-state index >= 15 is 0 Å². The van der Waals surface area contributed by atoms with Gasteiger partial charge in [-0.05, 0) is 13.5 Å². The molecular formula is C11H18FNO3. The van der Waals surface area contributed by atoms with Crippen LogP contribution >= 0.6 is 0 Å². The first-order valence-corrected chi connectivity index (χ1v) is 5.62. The Morgan fingerprint density at radius 1 is 1.56 bits per heavy atom. The first-order chi connectivity index (χ1) is 7.58. The third kappa shape index (κ3) is 2.06. The molecule has 2 aliphatic rings. The number of halogens is 1. The summed E-state index contributed by atoms with van der Waals surface area (Å²) in [6, 6.07) is 0. The van der Waals surface area contributed by atoms with Crippen LogP contribution in [-0.4, -0.2) is 56.0 Å². The highest BCUT2D eigenvalue weighted by Crippen LogP contribution is 2.51. The molecular weight excluding hydrogens is 213 g/mol.